The van der Waals surface area contributed by atoms with Crippen molar-refractivity contribution in [3.63, 3.8) is 0 Å². The summed E-state index contributed by atoms with van der Waals surface area (Å²) in [5.41, 5.74) is 3.11. The third kappa shape index (κ3) is 3.94. The molecular formula is C22H23N3OS. The largest absolute Gasteiger partial charge is 0.369 e. The van der Waals surface area contributed by atoms with Crippen LogP contribution in [0.15, 0.2) is 70.7 Å². The predicted molar refractivity (Wildman–Crippen MR) is 115 cm³/mol. The average molecular weight is 378 g/mol. The van der Waals surface area contributed by atoms with Crippen molar-refractivity contribution in [2.45, 2.75) is 26.0 Å². The molecule has 4 rings (SSSR count). The van der Waals surface area contributed by atoms with Crippen molar-refractivity contribution in [3.05, 3.63) is 71.3 Å². The van der Waals surface area contributed by atoms with Crippen LogP contribution < -0.4 is 0 Å². The van der Waals surface area contributed by atoms with Gasteiger partial charge in [-0.15, -0.1) is 0 Å². The molecule has 5 heteroatoms. The van der Waals surface area contributed by atoms with Crippen molar-refractivity contribution in [1.29, 1.82) is 0 Å². The quantitative estimate of drug-likeness (QED) is 0.629. The standard InChI is InChI=1S/C22H23N3OS/c1-2-3-13-25-21(26)20(27-22(25)24-18-7-5-4-6-8-18)15-16-9-10-19-17(14-16)11-12-23-19/h4-12,14-15,21,23,26H,2-3,13H2,1H3/b20-15-,24-22-. The summed E-state index contributed by atoms with van der Waals surface area (Å²) >= 11 is 1.55. The first-order valence-corrected chi connectivity index (χ1v) is 10.1. The number of para-hydroxylation sites is 1. The lowest BCUT2D eigenvalue weighted by atomic mass is 10.1. The lowest BCUT2D eigenvalue weighted by Gasteiger charge is -2.21. The van der Waals surface area contributed by atoms with Gasteiger partial charge in [-0.1, -0.05) is 49.4 Å². The van der Waals surface area contributed by atoms with Crippen molar-refractivity contribution < 1.29 is 5.11 Å². The summed E-state index contributed by atoms with van der Waals surface area (Å²) in [7, 11) is 0. The molecule has 1 aliphatic rings. The molecule has 0 bridgehead atoms. The van der Waals surface area contributed by atoms with E-state index in [1.54, 1.807) is 11.8 Å². The first kappa shape index (κ1) is 17.9. The zero-order chi connectivity index (χ0) is 18.6. The summed E-state index contributed by atoms with van der Waals surface area (Å²) in [6.07, 6.45) is 5.46. The minimum Gasteiger partial charge on any atom is -0.369 e. The van der Waals surface area contributed by atoms with Crippen molar-refractivity contribution in [1.82, 2.24) is 9.88 Å². The van der Waals surface area contributed by atoms with Crippen LogP contribution in [0.3, 0.4) is 0 Å². The van der Waals surface area contributed by atoms with Gasteiger partial charge in [0.1, 0.15) is 0 Å². The first-order valence-electron chi connectivity index (χ1n) is 9.29. The highest BCUT2D eigenvalue weighted by Crippen LogP contribution is 2.37. The fourth-order valence-corrected chi connectivity index (χ4v) is 4.25. The van der Waals surface area contributed by atoms with E-state index in [0.29, 0.717) is 0 Å². The van der Waals surface area contributed by atoms with E-state index in [0.717, 1.165) is 46.2 Å². The first-order chi connectivity index (χ1) is 13.2. The van der Waals surface area contributed by atoms with E-state index >= 15 is 0 Å². The molecule has 3 aromatic rings. The van der Waals surface area contributed by atoms with E-state index in [1.807, 2.05) is 41.4 Å². The molecule has 2 aromatic carbocycles. The van der Waals surface area contributed by atoms with Gasteiger partial charge in [0.2, 0.25) is 0 Å². The predicted octanol–water partition coefficient (Wildman–Crippen LogP) is 5.36. The van der Waals surface area contributed by atoms with Crippen LogP contribution in [-0.4, -0.2) is 32.9 Å². The van der Waals surface area contributed by atoms with Gasteiger partial charge < -0.3 is 15.0 Å². The van der Waals surface area contributed by atoms with Gasteiger partial charge in [-0.25, -0.2) is 4.99 Å². The smallest absolute Gasteiger partial charge is 0.171 e. The molecule has 138 valence electrons. The monoisotopic (exact) mass is 377 g/mol. The van der Waals surface area contributed by atoms with Crippen LogP contribution in [-0.2, 0) is 0 Å². The van der Waals surface area contributed by atoms with Gasteiger partial charge in [0.25, 0.3) is 0 Å². The number of nitrogens with one attached hydrogen (secondary N) is 1. The second-order valence-electron chi connectivity index (χ2n) is 6.62. The Bertz CT molecular complexity index is 977. The topological polar surface area (TPSA) is 51.6 Å². The van der Waals surface area contributed by atoms with Crippen molar-refractivity contribution >= 4 is 39.6 Å². The molecule has 0 aliphatic carbocycles. The molecule has 0 saturated carbocycles. The lowest BCUT2D eigenvalue weighted by molar-refractivity contribution is 0.0997. The van der Waals surface area contributed by atoms with Crippen molar-refractivity contribution in [3.8, 4) is 0 Å². The molecule has 0 radical (unpaired) electrons. The lowest BCUT2D eigenvalue weighted by Crippen LogP contribution is -2.33. The van der Waals surface area contributed by atoms with Gasteiger partial charge in [-0.05, 0) is 53.8 Å². The third-order valence-corrected chi connectivity index (χ3v) is 5.70. The van der Waals surface area contributed by atoms with Gasteiger partial charge in [-0.3, -0.25) is 0 Å². The number of aromatic nitrogens is 1. The number of amidine groups is 1. The van der Waals surface area contributed by atoms with E-state index in [-0.39, 0.29) is 0 Å². The van der Waals surface area contributed by atoms with E-state index < -0.39 is 6.23 Å². The van der Waals surface area contributed by atoms with Crippen molar-refractivity contribution in [2.75, 3.05) is 6.54 Å². The number of nitrogens with zero attached hydrogens (tertiary/aromatic N) is 2. The van der Waals surface area contributed by atoms with Crippen LogP contribution in [0.4, 0.5) is 5.69 Å². The minimum absolute atomic E-state index is 0.647. The van der Waals surface area contributed by atoms with E-state index in [9.17, 15) is 5.11 Å². The molecule has 2 heterocycles. The van der Waals surface area contributed by atoms with Crippen LogP contribution in [0.25, 0.3) is 17.0 Å². The highest BCUT2D eigenvalue weighted by atomic mass is 32.2. The van der Waals surface area contributed by atoms with Crippen LogP contribution in [0.2, 0.25) is 0 Å². The fourth-order valence-electron chi connectivity index (χ4n) is 3.15. The SMILES string of the molecule is CCCCN1/C(=N/c2ccccc2)S/C(=C\c2ccc3[nH]ccc3c2)C1O. The summed E-state index contributed by atoms with van der Waals surface area (Å²) < 4.78 is 0. The number of unbranched alkanes of at least 4 members (excludes halogenated alkanes) is 1. The molecule has 0 amide bonds. The third-order valence-electron chi connectivity index (χ3n) is 4.62. The number of thioether (sulfide) groups is 1. The van der Waals surface area contributed by atoms with Crippen LogP contribution in [0.1, 0.15) is 25.3 Å². The fraction of sp³-hybridized carbons (Fsp3) is 0.227. The summed E-state index contributed by atoms with van der Waals surface area (Å²) in [4.78, 5) is 10.9. The van der Waals surface area contributed by atoms with Gasteiger partial charge in [0.15, 0.2) is 11.4 Å². The van der Waals surface area contributed by atoms with Crippen molar-refractivity contribution in [2.24, 2.45) is 4.99 Å². The molecule has 1 unspecified atom stereocenters. The van der Waals surface area contributed by atoms with E-state index in [2.05, 4.69) is 42.2 Å². The van der Waals surface area contributed by atoms with E-state index in [1.165, 1.54) is 5.39 Å². The minimum atomic E-state index is -0.647. The number of aliphatic hydroxyl groups excluding tert-OH is 1. The van der Waals surface area contributed by atoms with Crippen LogP contribution in [0, 0.1) is 0 Å². The van der Waals surface area contributed by atoms with Gasteiger partial charge in [-0.2, -0.15) is 0 Å². The Kier molecular flexibility index (Phi) is 5.32. The van der Waals surface area contributed by atoms with Crippen LogP contribution >= 0.6 is 11.8 Å². The number of aliphatic hydroxyl groups is 1. The van der Waals surface area contributed by atoms with Gasteiger partial charge >= 0.3 is 0 Å². The summed E-state index contributed by atoms with van der Waals surface area (Å²) in [5.74, 6) is 0. The molecule has 1 fully saturated rings. The summed E-state index contributed by atoms with van der Waals surface area (Å²) in [6.45, 7) is 2.96. The zero-order valence-corrected chi connectivity index (χ0v) is 16.1. The molecule has 1 aliphatic heterocycles. The number of rotatable bonds is 5. The van der Waals surface area contributed by atoms with E-state index in [4.69, 9.17) is 4.99 Å². The van der Waals surface area contributed by atoms with Gasteiger partial charge in [0.05, 0.1) is 5.69 Å². The maximum Gasteiger partial charge on any atom is 0.171 e. The normalized spacial score (nSPS) is 20.2. The number of fused-ring (bicyclic) bond motifs is 1. The molecule has 2 N–H and O–H groups in total. The number of benzene rings is 2. The molecule has 1 saturated heterocycles. The Hall–Kier alpha value is -2.50. The number of hydrogen-bond donors (Lipinski definition) is 2. The highest BCUT2D eigenvalue weighted by Gasteiger charge is 2.32. The molecule has 1 aromatic heterocycles. The second-order valence-corrected chi connectivity index (χ2v) is 7.66. The number of aromatic amines is 1. The molecule has 4 nitrogen and oxygen atoms in total. The maximum atomic E-state index is 10.9. The zero-order valence-electron chi connectivity index (χ0n) is 15.3. The Morgan fingerprint density at radius 2 is 2.04 bits per heavy atom. The number of aliphatic imine (C=N–C) groups is 1. The molecule has 1 atom stereocenters. The number of hydrogen-bond acceptors (Lipinski definition) is 3. The average Bonchev–Trinajstić information content (AvgIpc) is 3.26. The molecular weight excluding hydrogens is 354 g/mol. The van der Waals surface area contributed by atoms with Crippen LogP contribution in [0.5, 0.6) is 0 Å². The second kappa shape index (κ2) is 8.03. The Morgan fingerprint density at radius 1 is 1.19 bits per heavy atom. The molecule has 0 spiro atoms. The molecule has 27 heavy (non-hydrogen) atoms. The number of H-pyrrole nitrogens is 1. The Labute approximate surface area is 163 Å². The summed E-state index contributed by atoms with van der Waals surface area (Å²) in [5, 5.41) is 12.9. The highest BCUT2D eigenvalue weighted by molar-refractivity contribution is 8.17. The van der Waals surface area contributed by atoms with Gasteiger partial charge in [0, 0.05) is 23.2 Å². The summed E-state index contributed by atoms with van der Waals surface area (Å²) in [6, 6.07) is 18.3. The Morgan fingerprint density at radius 3 is 2.85 bits per heavy atom. The Balaban J connectivity index is 1.65. The maximum absolute atomic E-state index is 10.9.